The van der Waals surface area contributed by atoms with Gasteiger partial charge in [-0.25, -0.2) is 4.79 Å². The van der Waals surface area contributed by atoms with E-state index in [1.54, 1.807) is 67.6 Å². The lowest BCUT2D eigenvalue weighted by molar-refractivity contribution is -0.123. The molecule has 1 atom stereocenters. The van der Waals surface area contributed by atoms with E-state index in [1.807, 2.05) is 0 Å². The van der Waals surface area contributed by atoms with Crippen LogP contribution in [0.25, 0.3) is 0 Å². The number of imide groups is 1. The second-order valence-corrected chi connectivity index (χ2v) is 7.64. The molecule has 4 rings (SSSR count). The summed E-state index contributed by atoms with van der Waals surface area (Å²) in [6.07, 6.45) is 0. The molecule has 10 heteroatoms. The Morgan fingerprint density at radius 2 is 1.71 bits per heavy atom. The summed E-state index contributed by atoms with van der Waals surface area (Å²) in [6.45, 7) is -1.34. The lowest BCUT2D eigenvalue weighted by atomic mass is 9.92. The molecule has 3 aromatic carbocycles. The van der Waals surface area contributed by atoms with Gasteiger partial charge in [0.2, 0.25) is 0 Å². The highest BCUT2D eigenvalue weighted by Gasteiger charge is 2.43. The van der Waals surface area contributed by atoms with Crippen LogP contribution in [0.3, 0.4) is 0 Å². The summed E-state index contributed by atoms with van der Waals surface area (Å²) >= 11 is 0. The number of para-hydroxylation sites is 1. The van der Waals surface area contributed by atoms with Gasteiger partial charge in [0, 0.05) is 11.4 Å². The second kappa shape index (κ2) is 9.18. The molecule has 1 fully saturated rings. The summed E-state index contributed by atoms with van der Waals surface area (Å²) in [7, 11) is 0. The van der Waals surface area contributed by atoms with Crippen LogP contribution < -0.4 is 26.0 Å². The molecule has 1 aliphatic heterocycles. The Morgan fingerprint density at radius 1 is 0.971 bits per heavy atom. The smallest absolute Gasteiger partial charge is 0.387 e. The van der Waals surface area contributed by atoms with E-state index in [4.69, 9.17) is 0 Å². The molecule has 1 unspecified atom stereocenters. The largest absolute Gasteiger partial charge is 0.435 e. The van der Waals surface area contributed by atoms with E-state index in [0.717, 1.165) is 0 Å². The first-order valence-electron chi connectivity index (χ1n) is 10.2. The minimum Gasteiger partial charge on any atom is -0.435 e. The lowest BCUT2D eigenvalue weighted by Crippen LogP contribution is -2.40. The average Bonchev–Trinajstić information content (AvgIpc) is 3.07. The fourth-order valence-corrected chi connectivity index (χ4v) is 3.52. The van der Waals surface area contributed by atoms with Crippen molar-refractivity contribution in [3.05, 3.63) is 83.9 Å². The van der Waals surface area contributed by atoms with Gasteiger partial charge in [-0.3, -0.25) is 14.9 Å². The van der Waals surface area contributed by atoms with Crippen LogP contribution in [-0.4, -0.2) is 24.5 Å². The topological polar surface area (TPSA) is 109 Å². The Bertz CT molecular complexity index is 1250. The normalized spacial score (nSPS) is 17.2. The quantitative estimate of drug-likeness (QED) is 0.388. The maximum Gasteiger partial charge on any atom is 0.387 e. The van der Waals surface area contributed by atoms with Crippen molar-refractivity contribution in [3.8, 4) is 5.75 Å². The number of ether oxygens (including phenoxy) is 1. The van der Waals surface area contributed by atoms with E-state index in [-0.39, 0.29) is 5.75 Å². The fourth-order valence-electron chi connectivity index (χ4n) is 3.52. The third-order valence-electron chi connectivity index (χ3n) is 5.27. The van der Waals surface area contributed by atoms with E-state index >= 15 is 0 Å². The molecule has 8 nitrogen and oxygen atoms in total. The van der Waals surface area contributed by atoms with E-state index in [2.05, 4.69) is 26.0 Å². The lowest BCUT2D eigenvalue weighted by Gasteiger charge is -2.22. The van der Waals surface area contributed by atoms with Crippen molar-refractivity contribution in [2.45, 2.75) is 19.1 Å². The zero-order chi connectivity index (χ0) is 24.3. The van der Waals surface area contributed by atoms with Gasteiger partial charge in [-0.1, -0.05) is 24.3 Å². The number of anilines is 3. The highest BCUT2D eigenvalue weighted by atomic mass is 19.3. The number of amides is 4. The first kappa shape index (κ1) is 22.7. The van der Waals surface area contributed by atoms with Crippen molar-refractivity contribution >= 4 is 34.9 Å². The average molecular weight is 466 g/mol. The first-order valence-corrected chi connectivity index (χ1v) is 10.2. The van der Waals surface area contributed by atoms with Crippen LogP contribution in [0.2, 0.25) is 0 Å². The maximum absolute atomic E-state index is 13.0. The van der Waals surface area contributed by atoms with Gasteiger partial charge in [-0.15, -0.1) is 0 Å². The molecule has 0 saturated carbocycles. The van der Waals surface area contributed by atoms with Crippen molar-refractivity contribution in [3.63, 3.8) is 0 Å². The summed E-state index contributed by atoms with van der Waals surface area (Å²) < 4.78 is 29.0. The molecule has 4 amide bonds. The van der Waals surface area contributed by atoms with Gasteiger partial charge in [0.1, 0.15) is 11.3 Å². The van der Waals surface area contributed by atoms with Crippen LogP contribution in [0.4, 0.5) is 30.6 Å². The number of rotatable bonds is 7. The number of hydrogen-bond donors (Lipinski definition) is 4. The zero-order valence-electron chi connectivity index (χ0n) is 17.9. The summed E-state index contributed by atoms with van der Waals surface area (Å²) in [5.74, 6) is -0.879. The molecular weight excluding hydrogens is 446 g/mol. The molecular formula is C24H20F2N4O4. The molecule has 34 heavy (non-hydrogen) atoms. The standard InChI is InChI=1S/C24H20F2N4O4/c1-24(21(32)29-23(33)30-24)14-5-4-6-16(13-14)28-20(31)18-7-2-3-8-19(18)27-15-9-11-17(12-10-15)34-22(25)26/h2-13,22,27H,1H3,(H,28,31)(H2,29,30,32,33). The van der Waals surface area contributed by atoms with Crippen molar-refractivity contribution in [1.29, 1.82) is 0 Å². The van der Waals surface area contributed by atoms with Crippen molar-refractivity contribution in [2.75, 3.05) is 10.6 Å². The van der Waals surface area contributed by atoms with Crippen LogP contribution in [0.1, 0.15) is 22.8 Å². The number of benzene rings is 3. The van der Waals surface area contributed by atoms with Crippen LogP contribution in [0, 0.1) is 0 Å². The van der Waals surface area contributed by atoms with Gasteiger partial charge in [0.15, 0.2) is 0 Å². The minimum atomic E-state index is -2.91. The van der Waals surface area contributed by atoms with Crippen LogP contribution in [0.15, 0.2) is 72.8 Å². The van der Waals surface area contributed by atoms with Gasteiger partial charge in [0.25, 0.3) is 11.8 Å². The Morgan fingerprint density at radius 3 is 2.38 bits per heavy atom. The Balaban J connectivity index is 1.52. The van der Waals surface area contributed by atoms with Crippen molar-refractivity contribution < 1.29 is 27.9 Å². The fraction of sp³-hybridized carbons (Fsp3) is 0.125. The second-order valence-electron chi connectivity index (χ2n) is 7.64. The van der Waals surface area contributed by atoms with Crippen LogP contribution in [0.5, 0.6) is 5.75 Å². The summed E-state index contributed by atoms with van der Waals surface area (Å²) in [5, 5.41) is 10.7. The highest BCUT2D eigenvalue weighted by molar-refractivity contribution is 6.09. The number of halogens is 2. The summed E-state index contributed by atoms with van der Waals surface area (Å²) in [4.78, 5) is 36.8. The van der Waals surface area contributed by atoms with Crippen LogP contribution in [-0.2, 0) is 10.3 Å². The molecule has 1 aliphatic rings. The van der Waals surface area contributed by atoms with Gasteiger partial charge in [-0.2, -0.15) is 8.78 Å². The predicted molar refractivity (Wildman–Crippen MR) is 121 cm³/mol. The third-order valence-corrected chi connectivity index (χ3v) is 5.27. The molecule has 3 aromatic rings. The molecule has 0 bridgehead atoms. The number of carbonyl (C=O) groups is 3. The molecule has 0 aliphatic carbocycles. The minimum absolute atomic E-state index is 0.0206. The Hall–Kier alpha value is -4.47. The number of alkyl halides is 2. The zero-order valence-corrected chi connectivity index (χ0v) is 17.9. The van der Waals surface area contributed by atoms with Crippen molar-refractivity contribution in [1.82, 2.24) is 10.6 Å². The number of urea groups is 1. The van der Waals surface area contributed by atoms with E-state index < -0.39 is 30.0 Å². The highest BCUT2D eigenvalue weighted by Crippen LogP contribution is 2.28. The summed E-state index contributed by atoms with van der Waals surface area (Å²) in [5.41, 5.74) is 1.08. The number of carbonyl (C=O) groups excluding carboxylic acids is 3. The number of hydrogen-bond acceptors (Lipinski definition) is 5. The van der Waals surface area contributed by atoms with Gasteiger partial charge >= 0.3 is 12.6 Å². The maximum atomic E-state index is 13.0. The van der Waals surface area contributed by atoms with Gasteiger partial charge < -0.3 is 20.7 Å². The molecule has 4 N–H and O–H groups in total. The molecule has 1 heterocycles. The SMILES string of the molecule is CC1(c2cccc(NC(=O)c3ccccc3Nc3ccc(OC(F)F)cc3)c2)NC(=O)NC1=O. The molecule has 0 radical (unpaired) electrons. The Kier molecular flexibility index (Phi) is 6.13. The molecule has 0 aromatic heterocycles. The molecule has 1 saturated heterocycles. The van der Waals surface area contributed by atoms with E-state index in [9.17, 15) is 23.2 Å². The first-order chi connectivity index (χ1) is 16.2. The number of nitrogens with one attached hydrogen (secondary N) is 4. The molecule has 0 spiro atoms. The van der Waals surface area contributed by atoms with E-state index in [1.165, 1.54) is 12.1 Å². The van der Waals surface area contributed by atoms with Gasteiger partial charge in [-0.05, 0) is 61.0 Å². The predicted octanol–water partition coefficient (Wildman–Crippen LogP) is 4.34. The third kappa shape index (κ3) is 4.80. The summed E-state index contributed by atoms with van der Waals surface area (Å²) in [6, 6.07) is 18.7. The van der Waals surface area contributed by atoms with Gasteiger partial charge in [0.05, 0.1) is 11.3 Å². The monoisotopic (exact) mass is 466 g/mol. The van der Waals surface area contributed by atoms with E-state index in [0.29, 0.717) is 28.2 Å². The Labute approximate surface area is 193 Å². The van der Waals surface area contributed by atoms with Crippen molar-refractivity contribution in [2.24, 2.45) is 0 Å². The molecule has 174 valence electrons. The van der Waals surface area contributed by atoms with Crippen LogP contribution >= 0.6 is 0 Å².